The van der Waals surface area contributed by atoms with Crippen LogP contribution in [0.25, 0.3) is 0 Å². The van der Waals surface area contributed by atoms with Crippen molar-refractivity contribution in [3.05, 3.63) is 53.6 Å². The Bertz CT molecular complexity index is 958. The van der Waals surface area contributed by atoms with E-state index >= 15 is 0 Å². The summed E-state index contributed by atoms with van der Waals surface area (Å²) >= 11 is 0. The Hall–Kier alpha value is -2.77. The third-order valence-electron chi connectivity index (χ3n) is 6.34. The summed E-state index contributed by atoms with van der Waals surface area (Å²) < 4.78 is 12.0. The highest BCUT2D eigenvalue weighted by Gasteiger charge is 2.44. The van der Waals surface area contributed by atoms with Crippen molar-refractivity contribution in [1.82, 2.24) is 10.2 Å². The molecule has 31 heavy (non-hydrogen) atoms. The first-order valence-corrected chi connectivity index (χ1v) is 11.1. The number of carbonyl (C=O) groups excluding carboxylic acids is 1. The molecule has 1 saturated carbocycles. The van der Waals surface area contributed by atoms with Gasteiger partial charge in [-0.05, 0) is 42.5 Å². The van der Waals surface area contributed by atoms with E-state index in [0.29, 0.717) is 18.0 Å². The highest BCUT2D eigenvalue weighted by atomic mass is 16.7. The largest absolute Gasteiger partial charge is 0.448 e. The molecule has 1 atom stereocenters. The zero-order valence-electron chi connectivity index (χ0n) is 17.6. The number of hydrogen-bond donors (Lipinski definition) is 3. The molecule has 3 N–H and O–H groups in total. The van der Waals surface area contributed by atoms with Gasteiger partial charge in [0.1, 0.15) is 0 Å². The van der Waals surface area contributed by atoms with E-state index in [0.717, 1.165) is 50.9 Å². The van der Waals surface area contributed by atoms with Gasteiger partial charge in [-0.2, -0.15) is 0 Å². The molecular weight excluding hydrogens is 394 g/mol. The van der Waals surface area contributed by atoms with Crippen molar-refractivity contribution in [2.75, 3.05) is 25.0 Å². The number of carbonyl (C=O) groups is 1. The lowest BCUT2D eigenvalue weighted by Crippen LogP contribution is -2.42. The lowest BCUT2D eigenvalue weighted by molar-refractivity contribution is -0.0716. The first-order chi connectivity index (χ1) is 15.1. The van der Waals surface area contributed by atoms with Crippen molar-refractivity contribution < 1.29 is 19.4 Å². The predicted octanol–water partition coefficient (Wildman–Crippen LogP) is 3.27. The van der Waals surface area contributed by atoms with Gasteiger partial charge in [0, 0.05) is 50.8 Å². The van der Waals surface area contributed by atoms with Crippen LogP contribution in [-0.4, -0.2) is 47.6 Å². The van der Waals surface area contributed by atoms with Gasteiger partial charge in [-0.25, -0.2) is 4.79 Å². The molecule has 1 fully saturated rings. The molecule has 1 spiro atoms. The van der Waals surface area contributed by atoms with E-state index < -0.39 is 11.9 Å². The van der Waals surface area contributed by atoms with E-state index in [1.807, 2.05) is 12.1 Å². The number of β-amino-alcohol motifs (C(OH)–C–C–N with tert-alkyl or cyclic N) is 1. The van der Waals surface area contributed by atoms with Crippen LogP contribution < -0.4 is 20.1 Å². The maximum atomic E-state index is 12.3. The topological polar surface area (TPSA) is 83.1 Å². The second kappa shape index (κ2) is 8.40. The van der Waals surface area contributed by atoms with Gasteiger partial charge in [-0.15, -0.1) is 0 Å². The normalized spacial score (nSPS) is 19.8. The number of anilines is 1. The van der Waals surface area contributed by atoms with Gasteiger partial charge in [-0.1, -0.05) is 24.3 Å². The molecule has 2 aliphatic heterocycles. The summed E-state index contributed by atoms with van der Waals surface area (Å²) in [6.45, 7) is 2.47. The van der Waals surface area contributed by atoms with Gasteiger partial charge in [-0.3, -0.25) is 4.90 Å². The highest BCUT2D eigenvalue weighted by molar-refractivity contribution is 5.89. The second-order valence-corrected chi connectivity index (χ2v) is 8.73. The molecule has 1 aliphatic carbocycles. The number of rotatable bonds is 5. The van der Waals surface area contributed by atoms with Crippen LogP contribution in [0, 0.1) is 0 Å². The summed E-state index contributed by atoms with van der Waals surface area (Å²) in [4.78, 5) is 14.5. The van der Waals surface area contributed by atoms with Crippen molar-refractivity contribution in [2.24, 2.45) is 0 Å². The number of aliphatic hydroxyl groups is 1. The lowest BCUT2D eigenvalue weighted by atomic mass is 10.00. The third-order valence-corrected chi connectivity index (χ3v) is 6.34. The number of hydrogen-bond acceptors (Lipinski definition) is 5. The van der Waals surface area contributed by atoms with Crippen LogP contribution in [0.4, 0.5) is 10.5 Å². The van der Waals surface area contributed by atoms with Crippen LogP contribution in [-0.2, 0) is 13.0 Å². The maximum absolute atomic E-state index is 12.3. The Balaban J connectivity index is 1.09. The van der Waals surface area contributed by atoms with Crippen molar-refractivity contribution >= 4 is 11.7 Å². The molecule has 2 heterocycles. The minimum absolute atomic E-state index is 0.192. The quantitative estimate of drug-likeness (QED) is 0.688. The fourth-order valence-corrected chi connectivity index (χ4v) is 4.75. The second-order valence-electron chi connectivity index (χ2n) is 8.73. The van der Waals surface area contributed by atoms with Crippen molar-refractivity contribution in [2.45, 2.75) is 50.5 Å². The van der Waals surface area contributed by atoms with Gasteiger partial charge in [0.25, 0.3) is 5.79 Å². The Labute approximate surface area is 182 Å². The first-order valence-electron chi connectivity index (χ1n) is 11.1. The summed E-state index contributed by atoms with van der Waals surface area (Å²) in [5, 5.41) is 16.0. The van der Waals surface area contributed by atoms with Crippen LogP contribution >= 0.6 is 0 Å². The zero-order chi connectivity index (χ0) is 21.3. The van der Waals surface area contributed by atoms with Crippen molar-refractivity contribution in [3.8, 4) is 11.5 Å². The average Bonchev–Trinajstić information content (AvgIpc) is 3.37. The third kappa shape index (κ3) is 4.48. The SMILES string of the molecule is O=C(NCC(O)CN1CCc2ccccc2C1)Nc1ccc2c(c1)OC1(CCCC1)O2. The fourth-order valence-electron chi connectivity index (χ4n) is 4.75. The molecule has 0 bridgehead atoms. The molecule has 3 aliphatic rings. The van der Waals surface area contributed by atoms with Gasteiger partial charge >= 0.3 is 6.03 Å². The van der Waals surface area contributed by atoms with Crippen molar-refractivity contribution in [1.29, 1.82) is 0 Å². The Kier molecular flexibility index (Phi) is 5.46. The minimum Gasteiger partial charge on any atom is -0.448 e. The van der Waals surface area contributed by atoms with Crippen LogP contribution in [0.15, 0.2) is 42.5 Å². The van der Waals surface area contributed by atoms with Gasteiger partial charge in [0.05, 0.1) is 6.10 Å². The van der Waals surface area contributed by atoms with E-state index in [1.165, 1.54) is 11.1 Å². The maximum Gasteiger partial charge on any atom is 0.319 e. The molecular formula is C24H29N3O4. The Morgan fingerprint density at radius 2 is 1.87 bits per heavy atom. The molecule has 2 aromatic rings. The van der Waals surface area contributed by atoms with E-state index in [-0.39, 0.29) is 12.6 Å². The number of fused-ring (bicyclic) bond motifs is 2. The molecule has 1 unspecified atom stereocenters. The molecule has 0 aromatic heterocycles. The molecule has 0 saturated heterocycles. The summed E-state index contributed by atoms with van der Waals surface area (Å²) in [7, 11) is 0. The number of nitrogens with zero attached hydrogens (tertiary/aromatic N) is 1. The van der Waals surface area contributed by atoms with Crippen LogP contribution in [0.2, 0.25) is 0 Å². The number of ether oxygens (including phenoxy) is 2. The Morgan fingerprint density at radius 3 is 2.71 bits per heavy atom. The number of benzene rings is 2. The standard InChI is InChI=1S/C24H29N3O4/c28-20(16-27-12-9-17-5-1-2-6-18(17)15-27)14-25-23(29)26-19-7-8-21-22(13-19)31-24(30-21)10-3-4-11-24/h1-2,5-8,13,20,28H,3-4,9-12,14-16H2,(H2,25,26,29). The molecule has 5 rings (SSSR count). The average molecular weight is 424 g/mol. The monoisotopic (exact) mass is 423 g/mol. The zero-order valence-corrected chi connectivity index (χ0v) is 17.6. The smallest absolute Gasteiger partial charge is 0.319 e. The van der Waals surface area contributed by atoms with Gasteiger partial charge in [0.2, 0.25) is 0 Å². The predicted molar refractivity (Wildman–Crippen MR) is 117 cm³/mol. The van der Waals surface area contributed by atoms with Gasteiger partial charge < -0.3 is 25.2 Å². The minimum atomic E-state index is -0.630. The molecule has 0 radical (unpaired) electrons. The van der Waals surface area contributed by atoms with E-state index in [2.05, 4.69) is 33.7 Å². The van der Waals surface area contributed by atoms with Gasteiger partial charge in [0.15, 0.2) is 11.5 Å². The van der Waals surface area contributed by atoms with Crippen LogP contribution in [0.3, 0.4) is 0 Å². The molecule has 7 nitrogen and oxygen atoms in total. The van der Waals surface area contributed by atoms with E-state index in [9.17, 15) is 9.90 Å². The summed E-state index contributed by atoms with van der Waals surface area (Å²) in [6, 6.07) is 13.5. The first kappa shape index (κ1) is 20.2. The number of amides is 2. The number of aliphatic hydroxyl groups excluding tert-OH is 1. The molecule has 2 aromatic carbocycles. The van der Waals surface area contributed by atoms with E-state index in [1.54, 1.807) is 12.1 Å². The number of urea groups is 1. The molecule has 7 heteroatoms. The fraction of sp³-hybridized carbons (Fsp3) is 0.458. The van der Waals surface area contributed by atoms with Crippen molar-refractivity contribution in [3.63, 3.8) is 0 Å². The summed E-state index contributed by atoms with van der Waals surface area (Å²) in [6.07, 6.45) is 4.36. The lowest BCUT2D eigenvalue weighted by Gasteiger charge is -2.30. The molecule has 2 amide bonds. The summed E-state index contributed by atoms with van der Waals surface area (Å²) in [5.41, 5.74) is 3.33. The summed E-state index contributed by atoms with van der Waals surface area (Å²) in [5.74, 6) is 0.888. The van der Waals surface area contributed by atoms with Crippen LogP contribution in [0.1, 0.15) is 36.8 Å². The van der Waals surface area contributed by atoms with E-state index in [4.69, 9.17) is 9.47 Å². The molecule has 164 valence electrons. The Morgan fingerprint density at radius 1 is 1.10 bits per heavy atom. The highest BCUT2D eigenvalue weighted by Crippen LogP contribution is 2.47. The van der Waals surface area contributed by atoms with Crippen LogP contribution in [0.5, 0.6) is 11.5 Å². The number of nitrogens with one attached hydrogen (secondary N) is 2.